The third kappa shape index (κ3) is 4.52. The van der Waals surface area contributed by atoms with E-state index in [0.717, 1.165) is 12.1 Å². The van der Waals surface area contributed by atoms with Crippen LogP contribution in [0.5, 0.6) is 0 Å². The zero-order chi connectivity index (χ0) is 12.8. The molecule has 1 heterocycles. The summed E-state index contributed by atoms with van der Waals surface area (Å²) in [7, 11) is 0. The molecule has 3 nitrogen and oxygen atoms in total. The molecular formula is C15H31N3. The molecule has 1 aliphatic heterocycles. The third-order valence-electron chi connectivity index (χ3n) is 4.49. The number of nitrogens with zero attached hydrogens (tertiary/aromatic N) is 2. The highest BCUT2D eigenvalue weighted by Gasteiger charge is 2.25. The molecule has 1 N–H and O–H groups in total. The van der Waals surface area contributed by atoms with Crippen molar-refractivity contribution in [3.63, 3.8) is 0 Å². The van der Waals surface area contributed by atoms with E-state index in [2.05, 4.69) is 29.0 Å². The van der Waals surface area contributed by atoms with E-state index in [1.54, 1.807) is 0 Å². The van der Waals surface area contributed by atoms with Gasteiger partial charge >= 0.3 is 0 Å². The quantitative estimate of drug-likeness (QED) is 0.634. The van der Waals surface area contributed by atoms with E-state index in [1.807, 2.05) is 0 Å². The van der Waals surface area contributed by atoms with E-state index in [-0.39, 0.29) is 0 Å². The predicted molar refractivity (Wildman–Crippen MR) is 78.0 cm³/mol. The Balaban J connectivity index is 1.51. The Bertz CT molecular complexity index is 224. The molecule has 2 aliphatic rings. The maximum absolute atomic E-state index is 3.60. The standard InChI is InChI=1S/C15H31N3/c1-3-18(4-2)15-9-12-17(13-15)11-6-5-10-16-14-7-8-14/h14-16H,3-13H2,1-2H3. The molecule has 3 heteroatoms. The highest BCUT2D eigenvalue weighted by Crippen LogP contribution is 2.18. The second-order valence-electron chi connectivity index (χ2n) is 5.90. The number of unbranched alkanes of at least 4 members (excludes halogenated alkanes) is 1. The molecule has 0 bridgehead atoms. The summed E-state index contributed by atoms with van der Waals surface area (Å²) < 4.78 is 0. The van der Waals surface area contributed by atoms with Crippen LogP contribution in [-0.2, 0) is 0 Å². The number of hydrogen-bond donors (Lipinski definition) is 1. The zero-order valence-electron chi connectivity index (χ0n) is 12.3. The Hall–Kier alpha value is -0.120. The molecule has 2 fully saturated rings. The Kier molecular flexibility index (Phi) is 5.93. The van der Waals surface area contributed by atoms with Crippen molar-refractivity contribution < 1.29 is 0 Å². The summed E-state index contributed by atoms with van der Waals surface area (Å²) in [6, 6.07) is 1.70. The van der Waals surface area contributed by atoms with Crippen molar-refractivity contribution in [2.45, 2.75) is 58.0 Å². The fourth-order valence-corrected chi connectivity index (χ4v) is 3.11. The summed E-state index contributed by atoms with van der Waals surface area (Å²) >= 11 is 0. The van der Waals surface area contributed by atoms with Crippen molar-refractivity contribution in [2.75, 3.05) is 39.3 Å². The second kappa shape index (κ2) is 7.46. The van der Waals surface area contributed by atoms with Crippen LogP contribution in [0.15, 0.2) is 0 Å². The molecule has 1 atom stereocenters. The van der Waals surface area contributed by atoms with Crippen LogP contribution >= 0.6 is 0 Å². The van der Waals surface area contributed by atoms with Crippen molar-refractivity contribution in [2.24, 2.45) is 0 Å². The zero-order valence-corrected chi connectivity index (χ0v) is 12.3. The normalized spacial score (nSPS) is 25.2. The summed E-state index contributed by atoms with van der Waals surface area (Å²) in [5, 5.41) is 3.60. The molecule has 1 unspecified atom stereocenters. The Labute approximate surface area is 113 Å². The molecule has 1 saturated heterocycles. The van der Waals surface area contributed by atoms with E-state index in [4.69, 9.17) is 0 Å². The largest absolute Gasteiger partial charge is 0.314 e. The Morgan fingerprint density at radius 2 is 1.89 bits per heavy atom. The lowest BCUT2D eigenvalue weighted by atomic mass is 10.2. The molecule has 106 valence electrons. The molecule has 0 spiro atoms. The first kappa shape index (κ1) is 14.3. The van der Waals surface area contributed by atoms with E-state index in [0.29, 0.717) is 0 Å². The summed E-state index contributed by atoms with van der Waals surface area (Å²) in [6.07, 6.45) is 6.92. The molecular weight excluding hydrogens is 222 g/mol. The smallest absolute Gasteiger partial charge is 0.0235 e. The maximum atomic E-state index is 3.60. The lowest BCUT2D eigenvalue weighted by Gasteiger charge is -2.26. The van der Waals surface area contributed by atoms with Gasteiger partial charge in [0.15, 0.2) is 0 Å². The molecule has 0 amide bonds. The molecule has 1 saturated carbocycles. The number of likely N-dealkylation sites (N-methyl/N-ethyl adjacent to an activating group) is 1. The summed E-state index contributed by atoms with van der Waals surface area (Å²) in [5.41, 5.74) is 0. The first-order valence-corrected chi connectivity index (χ1v) is 8.03. The van der Waals surface area contributed by atoms with Gasteiger partial charge in [-0.05, 0) is 64.8 Å². The molecule has 0 radical (unpaired) electrons. The van der Waals surface area contributed by atoms with Crippen LogP contribution in [0.2, 0.25) is 0 Å². The predicted octanol–water partition coefficient (Wildman–Crippen LogP) is 1.93. The number of hydrogen-bond acceptors (Lipinski definition) is 3. The second-order valence-corrected chi connectivity index (χ2v) is 5.90. The average Bonchev–Trinajstić information content (AvgIpc) is 3.09. The minimum atomic E-state index is 0.824. The van der Waals surface area contributed by atoms with Crippen LogP contribution in [0.4, 0.5) is 0 Å². The number of likely N-dealkylation sites (tertiary alicyclic amines) is 1. The average molecular weight is 253 g/mol. The maximum Gasteiger partial charge on any atom is 0.0235 e. The van der Waals surface area contributed by atoms with Crippen molar-refractivity contribution in [3.8, 4) is 0 Å². The molecule has 0 aromatic heterocycles. The van der Waals surface area contributed by atoms with Gasteiger partial charge in [0.25, 0.3) is 0 Å². The molecule has 2 rings (SSSR count). The summed E-state index contributed by atoms with van der Waals surface area (Å²) in [4.78, 5) is 5.29. The highest BCUT2D eigenvalue weighted by molar-refractivity contribution is 4.83. The molecule has 1 aliphatic carbocycles. The van der Waals surface area contributed by atoms with Gasteiger partial charge < -0.3 is 10.2 Å². The van der Waals surface area contributed by atoms with Crippen LogP contribution in [-0.4, -0.2) is 61.2 Å². The van der Waals surface area contributed by atoms with Gasteiger partial charge in [0.2, 0.25) is 0 Å². The van der Waals surface area contributed by atoms with Gasteiger partial charge in [0.05, 0.1) is 0 Å². The first-order valence-electron chi connectivity index (χ1n) is 8.03. The van der Waals surface area contributed by atoms with Crippen LogP contribution in [0.3, 0.4) is 0 Å². The fraction of sp³-hybridized carbons (Fsp3) is 1.00. The van der Waals surface area contributed by atoms with Gasteiger partial charge in [-0.15, -0.1) is 0 Å². The highest BCUT2D eigenvalue weighted by atomic mass is 15.2. The lowest BCUT2D eigenvalue weighted by molar-refractivity contribution is 0.210. The fourth-order valence-electron chi connectivity index (χ4n) is 3.11. The van der Waals surface area contributed by atoms with Crippen molar-refractivity contribution in [3.05, 3.63) is 0 Å². The lowest BCUT2D eigenvalue weighted by Crippen LogP contribution is -2.37. The van der Waals surface area contributed by atoms with E-state index in [1.165, 1.54) is 71.4 Å². The van der Waals surface area contributed by atoms with Gasteiger partial charge in [0.1, 0.15) is 0 Å². The van der Waals surface area contributed by atoms with Gasteiger partial charge in [-0.1, -0.05) is 13.8 Å². The van der Waals surface area contributed by atoms with Gasteiger partial charge in [-0.25, -0.2) is 0 Å². The Morgan fingerprint density at radius 3 is 2.56 bits per heavy atom. The van der Waals surface area contributed by atoms with Crippen LogP contribution < -0.4 is 5.32 Å². The van der Waals surface area contributed by atoms with Crippen LogP contribution in [0, 0.1) is 0 Å². The van der Waals surface area contributed by atoms with E-state index >= 15 is 0 Å². The van der Waals surface area contributed by atoms with Gasteiger partial charge in [-0.2, -0.15) is 0 Å². The minimum absolute atomic E-state index is 0.824. The van der Waals surface area contributed by atoms with Gasteiger partial charge in [0, 0.05) is 18.6 Å². The molecule has 0 aromatic rings. The minimum Gasteiger partial charge on any atom is -0.314 e. The van der Waals surface area contributed by atoms with Gasteiger partial charge in [-0.3, -0.25) is 4.90 Å². The van der Waals surface area contributed by atoms with Crippen molar-refractivity contribution in [1.29, 1.82) is 0 Å². The van der Waals surface area contributed by atoms with Crippen LogP contribution in [0.1, 0.15) is 46.0 Å². The van der Waals surface area contributed by atoms with E-state index < -0.39 is 0 Å². The molecule has 18 heavy (non-hydrogen) atoms. The monoisotopic (exact) mass is 253 g/mol. The molecule has 0 aromatic carbocycles. The first-order chi connectivity index (χ1) is 8.83. The SMILES string of the molecule is CCN(CC)C1CCN(CCCCNC2CC2)C1. The van der Waals surface area contributed by atoms with E-state index in [9.17, 15) is 0 Å². The third-order valence-corrected chi connectivity index (χ3v) is 4.49. The number of rotatable bonds is 9. The van der Waals surface area contributed by atoms with Crippen molar-refractivity contribution in [1.82, 2.24) is 15.1 Å². The number of nitrogens with one attached hydrogen (secondary N) is 1. The topological polar surface area (TPSA) is 18.5 Å². The van der Waals surface area contributed by atoms with Crippen molar-refractivity contribution >= 4 is 0 Å². The summed E-state index contributed by atoms with van der Waals surface area (Å²) in [5.74, 6) is 0. The van der Waals surface area contributed by atoms with Crippen LogP contribution in [0.25, 0.3) is 0 Å². The Morgan fingerprint density at radius 1 is 1.11 bits per heavy atom. The summed E-state index contributed by atoms with van der Waals surface area (Å²) in [6.45, 7) is 12.2.